The highest BCUT2D eigenvalue weighted by Crippen LogP contribution is 2.29. The molecule has 0 bridgehead atoms. The summed E-state index contributed by atoms with van der Waals surface area (Å²) in [6.07, 6.45) is 0. The van der Waals surface area contributed by atoms with E-state index in [-0.39, 0.29) is 0 Å². The smallest absolute Gasteiger partial charge is 0.252 e. The van der Waals surface area contributed by atoms with E-state index in [1.807, 2.05) is 0 Å². The fraction of sp³-hybridized carbons (Fsp3) is 0.636. The fourth-order valence-corrected chi connectivity index (χ4v) is 5.61. The van der Waals surface area contributed by atoms with Gasteiger partial charge in [0.2, 0.25) is 0 Å². The summed E-state index contributed by atoms with van der Waals surface area (Å²) in [6, 6.07) is 3.92. The molecule has 1 aromatic heterocycles. The number of piperazine rings is 1. The molecule has 0 radical (unpaired) electrons. The monoisotopic (exact) mass is 352 g/mol. The predicted molar refractivity (Wildman–Crippen MR) is 77.5 cm³/mol. The standard InChI is InChI=1S/C11H17BrN2O2S2/c1-9(2)13-5-7-14(8-6-13)18(15,16)11-4-3-10(12)17-11/h3-4,9H,5-8H2,1-2H3. The summed E-state index contributed by atoms with van der Waals surface area (Å²) in [5.41, 5.74) is 0. The van der Waals surface area contributed by atoms with Gasteiger partial charge in [-0.25, -0.2) is 8.42 Å². The van der Waals surface area contributed by atoms with E-state index < -0.39 is 10.0 Å². The third-order valence-corrected chi connectivity index (χ3v) is 7.14. The molecule has 1 aromatic rings. The van der Waals surface area contributed by atoms with Gasteiger partial charge in [-0.1, -0.05) is 0 Å². The Kier molecular flexibility index (Phi) is 4.48. The topological polar surface area (TPSA) is 40.6 Å². The van der Waals surface area contributed by atoms with Crippen molar-refractivity contribution >= 4 is 37.3 Å². The summed E-state index contributed by atoms with van der Waals surface area (Å²) < 4.78 is 27.6. The zero-order valence-corrected chi connectivity index (χ0v) is 13.7. The van der Waals surface area contributed by atoms with Crippen molar-refractivity contribution in [3.63, 3.8) is 0 Å². The summed E-state index contributed by atoms with van der Waals surface area (Å²) in [6.45, 7) is 7.06. The van der Waals surface area contributed by atoms with Gasteiger partial charge in [-0.05, 0) is 41.9 Å². The molecule has 0 aliphatic carbocycles. The van der Waals surface area contributed by atoms with Gasteiger partial charge in [-0.2, -0.15) is 4.31 Å². The number of hydrogen-bond donors (Lipinski definition) is 0. The first-order chi connectivity index (χ1) is 8.41. The first kappa shape index (κ1) is 14.5. The maximum atomic E-state index is 12.4. The number of thiophene rings is 1. The van der Waals surface area contributed by atoms with Gasteiger partial charge in [0.25, 0.3) is 10.0 Å². The van der Waals surface area contributed by atoms with E-state index in [9.17, 15) is 8.42 Å². The molecule has 0 amide bonds. The van der Waals surface area contributed by atoms with Crippen LogP contribution in [0.5, 0.6) is 0 Å². The number of nitrogens with zero attached hydrogens (tertiary/aromatic N) is 2. The molecule has 0 N–H and O–H groups in total. The lowest BCUT2D eigenvalue weighted by Crippen LogP contribution is -2.50. The van der Waals surface area contributed by atoms with Gasteiger partial charge in [0, 0.05) is 32.2 Å². The van der Waals surface area contributed by atoms with Gasteiger partial charge in [0.05, 0.1) is 3.79 Å². The summed E-state index contributed by atoms with van der Waals surface area (Å²) in [5.74, 6) is 0. The van der Waals surface area contributed by atoms with Gasteiger partial charge in [0.1, 0.15) is 4.21 Å². The van der Waals surface area contributed by atoms with Crippen LogP contribution in [0, 0.1) is 0 Å². The van der Waals surface area contributed by atoms with Gasteiger partial charge in [0.15, 0.2) is 0 Å². The molecule has 1 saturated heterocycles. The summed E-state index contributed by atoms with van der Waals surface area (Å²) in [4.78, 5) is 2.30. The van der Waals surface area contributed by atoms with Crippen LogP contribution >= 0.6 is 27.3 Å². The first-order valence-corrected chi connectivity index (χ1v) is 8.96. The molecule has 7 heteroatoms. The van der Waals surface area contributed by atoms with E-state index in [0.717, 1.165) is 16.9 Å². The Balaban J connectivity index is 2.09. The molecule has 2 heterocycles. The lowest BCUT2D eigenvalue weighted by Gasteiger charge is -2.35. The summed E-state index contributed by atoms with van der Waals surface area (Å²) in [7, 11) is -3.30. The molecule has 1 fully saturated rings. The van der Waals surface area contributed by atoms with Gasteiger partial charge >= 0.3 is 0 Å². The Bertz CT molecular complexity index is 505. The Hall–Kier alpha value is 0.0500. The molecule has 1 aliphatic heterocycles. The third kappa shape index (κ3) is 2.96. The Morgan fingerprint density at radius 1 is 1.22 bits per heavy atom. The second kappa shape index (κ2) is 5.58. The van der Waals surface area contributed by atoms with Crippen LogP contribution in [0.25, 0.3) is 0 Å². The lowest BCUT2D eigenvalue weighted by atomic mass is 10.3. The van der Waals surface area contributed by atoms with E-state index in [1.54, 1.807) is 16.4 Å². The fourth-order valence-electron chi connectivity index (χ4n) is 2.02. The molecule has 0 spiro atoms. The van der Waals surface area contributed by atoms with E-state index in [4.69, 9.17) is 0 Å². The number of rotatable bonds is 3. The van der Waals surface area contributed by atoms with Gasteiger partial charge < -0.3 is 0 Å². The van der Waals surface area contributed by atoms with E-state index >= 15 is 0 Å². The van der Waals surface area contributed by atoms with Crippen molar-refractivity contribution in [3.8, 4) is 0 Å². The first-order valence-electron chi connectivity index (χ1n) is 5.91. The highest BCUT2D eigenvalue weighted by atomic mass is 79.9. The van der Waals surface area contributed by atoms with Crippen LogP contribution in [0.4, 0.5) is 0 Å². The van der Waals surface area contributed by atoms with Crippen LogP contribution < -0.4 is 0 Å². The number of sulfonamides is 1. The molecule has 4 nitrogen and oxygen atoms in total. The van der Waals surface area contributed by atoms with Crippen molar-refractivity contribution in [2.24, 2.45) is 0 Å². The number of hydrogen-bond acceptors (Lipinski definition) is 4. The van der Waals surface area contributed by atoms with Crippen LogP contribution in [0.3, 0.4) is 0 Å². The number of halogens is 1. The Morgan fingerprint density at radius 2 is 1.83 bits per heavy atom. The normalized spacial score (nSPS) is 19.6. The van der Waals surface area contributed by atoms with Crippen LogP contribution in [-0.2, 0) is 10.0 Å². The Morgan fingerprint density at radius 3 is 2.28 bits per heavy atom. The van der Waals surface area contributed by atoms with Crippen LogP contribution in [0.2, 0.25) is 0 Å². The summed E-state index contributed by atoms with van der Waals surface area (Å²) in [5, 5.41) is 0. The molecule has 0 unspecified atom stereocenters. The molecule has 1 aliphatic rings. The van der Waals surface area contributed by atoms with Gasteiger partial charge in [-0.3, -0.25) is 4.90 Å². The molecule has 0 saturated carbocycles. The molecular formula is C11H17BrN2O2S2. The minimum Gasteiger partial charge on any atom is -0.298 e. The second-order valence-electron chi connectivity index (χ2n) is 4.59. The Labute approximate surface area is 121 Å². The average molecular weight is 353 g/mol. The maximum Gasteiger partial charge on any atom is 0.252 e. The zero-order chi connectivity index (χ0) is 13.3. The maximum absolute atomic E-state index is 12.4. The molecule has 102 valence electrons. The van der Waals surface area contributed by atoms with Gasteiger partial charge in [-0.15, -0.1) is 11.3 Å². The van der Waals surface area contributed by atoms with E-state index in [0.29, 0.717) is 23.3 Å². The highest BCUT2D eigenvalue weighted by Gasteiger charge is 2.30. The van der Waals surface area contributed by atoms with Crippen molar-refractivity contribution in [1.29, 1.82) is 0 Å². The SMILES string of the molecule is CC(C)N1CCN(S(=O)(=O)c2ccc(Br)s2)CC1. The minimum atomic E-state index is -3.30. The van der Waals surface area contributed by atoms with Crippen LogP contribution in [-0.4, -0.2) is 49.8 Å². The largest absolute Gasteiger partial charge is 0.298 e. The van der Waals surface area contributed by atoms with E-state index in [2.05, 4.69) is 34.7 Å². The van der Waals surface area contributed by atoms with E-state index in [1.165, 1.54) is 11.3 Å². The molecule has 0 atom stereocenters. The second-order valence-corrected chi connectivity index (χ2v) is 9.22. The molecule has 18 heavy (non-hydrogen) atoms. The quantitative estimate of drug-likeness (QED) is 0.837. The highest BCUT2D eigenvalue weighted by molar-refractivity contribution is 9.11. The molecule has 0 aromatic carbocycles. The van der Waals surface area contributed by atoms with Crippen LogP contribution in [0.1, 0.15) is 13.8 Å². The third-order valence-electron chi connectivity index (χ3n) is 3.15. The van der Waals surface area contributed by atoms with Crippen molar-refractivity contribution in [3.05, 3.63) is 15.9 Å². The lowest BCUT2D eigenvalue weighted by molar-refractivity contribution is 0.154. The van der Waals surface area contributed by atoms with Crippen LogP contribution in [0.15, 0.2) is 20.1 Å². The van der Waals surface area contributed by atoms with Crippen molar-refractivity contribution in [2.45, 2.75) is 24.1 Å². The zero-order valence-electron chi connectivity index (χ0n) is 10.5. The van der Waals surface area contributed by atoms with Crippen molar-refractivity contribution < 1.29 is 8.42 Å². The van der Waals surface area contributed by atoms with Crippen molar-refractivity contribution in [1.82, 2.24) is 9.21 Å². The minimum absolute atomic E-state index is 0.423. The predicted octanol–water partition coefficient (Wildman–Crippen LogP) is 2.23. The molecular weight excluding hydrogens is 336 g/mol. The molecule has 2 rings (SSSR count). The van der Waals surface area contributed by atoms with Crippen molar-refractivity contribution in [2.75, 3.05) is 26.2 Å². The average Bonchev–Trinajstić information content (AvgIpc) is 2.76. The summed E-state index contributed by atoms with van der Waals surface area (Å²) >= 11 is 4.57.